The van der Waals surface area contributed by atoms with Crippen LogP contribution in [0.3, 0.4) is 0 Å². The standard InChI is InChI=1S/C15H19NO4/c1-4-5-6-7-14-16-11-9-13(19-3)12(18-2)8-10(11)15(17)20-14/h8-9H,4-7H2,1-3H3. The predicted octanol–water partition coefficient (Wildman–Crippen LogP) is 2.94. The smallest absolute Gasteiger partial charge is 0.346 e. The summed E-state index contributed by atoms with van der Waals surface area (Å²) in [6, 6.07) is 3.30. The molecule has 5 nitrogen and oxygen atoms in total. The van der Waals surface area contributed by atoms with E-state index < -0.39 is 0 Å². The Hall–Kier alpha value is -2.04. The van der Waals surface area contributed by atoms with Crippen LogP contribution < -0.4 is 15.1 Å². The van der Waals surface area contributed by atoms with Gasteiger partial charge in [0.15, 0.2) is 17.4 Å². The highest BCUT2D eigenvalue weighted by Gasteiger charge is 2.12. The number of hydrogen-bond acceptors (Lipinski definition) is 5. The van der Waals surface area contributed by atoms with Crippen LogP contribution in [0, 0.1) is 0 Å². The van der Waals surface area contributed by atoms with Gasteiger partial charge in [-0.3, -0.25) is 0 Å². The molecule has 0 atom stereocenters. The van der Waals surface area contributed by atoms with Crippen LogP contribution in [0.25, 0.3) is 10.9 Å². The van der Waals surface area contributed by atoms with Crippen molar-refractivity contribution in [2.45, 2.75) is 32.6 Å². The number of methoxy groups -OCH3 is 2. The van der Waals surface area contributed by atoms with Gasteiger partial charge in [0.05, 0.1) is 25.1 Å². The lowest BCUT2D eigenvalue weighted by Gasteiger charge is -2.08. The molecule has 0 aliphatic rings. The molecule has 0 aliphatic carbocycles. The summed E-state index contributed by atoms with van der Waals surface area (Å²) in [5.41, 5.74) is 0.188. The Morgan fingerprint density at radius 1 is 1.15 bits per heavy atom. The highest BCUT2D eigenvalue weighted by atomic mass is 16.5. The van der Waals surface area contributed by atoms with Gasteiger partial charge in [-0.25, -0.2) is 9.78 Å². The minimum atomic E-state index is -0.387. The molecule has 0 bridgehead atoms. The number of benzene rings is 1. The molecular formula is C15H19NO4. The van der Waals surface area contributed by atoms with Crippen molar-refractivity contribution in [3.8, 4) is 11.5 Å². The van der Waals surface area contributed by atoms with Crippen molar-refractivity contribution in [1.29, 1.82) is 0 Å². The third-order valence-corrected chi connectivity index (χ3v) is 3.17. The number of aryl methyl sites for hydroxylation is 1. The van der Waals surface area contributed by atoms with E-state index in [0.717, 1.165) is 19.3 Å². The van der Waals surface area contributed by atoms with Crippen molar-refractivity contribution in [3.63, 3.8) is 0 Å². The lowest BCUT2D eigenvalue weighted by atomic mass is 10.2. The minimum Gasteiger partial charge on any atom is -0.493 e. The van der Waals surface area contributed by atoms with Crippen LogP contribution in [-0.4, -0.2) is 19.2 Å². The Balaban J connectivity index is 2.45. The zero-order valence-corrected chi connectivity index (χ0v) is 12.1. The normalized spacial score (nSPS) is 10.8. The second-order valence-corrected chi connectivity index (χ2v) is 4.58. The van der Waals surface area contributed by atoms with E-state index in [2.05, 4.69) is 11.9 Å². The zero-order valence-electron chi connectivity index (χ0n) is 12.1. The SMILES string of the molecule is CCCCCc1nc2cc(OC)c(OC)cc2c(=O)o1. The second-order valence-electron chi connectivity index (χ2n) is 4.58. The van der Waals surface area contributed by atoms with Gasteiger partial charge < -0.3 is 13.9 Å². The van der Waals surface area contributed by atoms with Crippen molar-refractivity contribution in [2.24, 2.45) is 0 Å². The molecule has 0 saturated carbocycles. The monoisotopic (exact) mass is 277 g/mol. The maximum absolute atomic E-state index is 12.0. The van der Waals surface area contributed by atoms with E-state index in [0.29, 0.717) is 34.7 Å². The average molecular weight is 277 g/mol. The van der Waals surface area contributed by atoms with Crippen LogP contribution in [0.2, 0.25) is 0 Å². The van der Waals surface area contributed by atoms with Gasteiger partial charge in [-0.1, -0.05) is 19.8 Å². The van der Waals surface area contributed by atoms with E-state index in [1.54, 1.807) is 19.2 Å². The van der Waals surface area contributed by atoms with Gasteiger partial charge in [0.1, 0.15) is 0 Å². The maximum Gasteiger partial charge on any atom is 0.346 e. The summed E-state index contributed by atoms with van der Waals surface area (Å²) < 4.78 is 15.6. The quantitative estimate of drug-likeness (QED) is 0.760. The fourth-order valence-corrected chi connectivity index (χ4v) is 2.08. The number of hydrogen-bond donors (Lipinski definition) is 0. The molecule has 0 radical (unpaired) electrons. The predicted molar refractivity (Wildman–Crippen MR) is 76.6 cm³/mol. The molecule has 0 unspecified atom stereocenters. The molecule has 1 aromatic heterocycles. The van der Waals surface area contributed by atoms with Gasteiger partial charge in [-0.05, 0) is 6.42 Å². The van der Waals surface area contributed by atoms with Crippen LogP contribution >= 0.6 is 0 Å². The fraction of sp³-hybridized carbons (Fsp3) is 0.467. The van der Waals surface area contributed by atoms with Gasteiger partial charge in [0.2, 0.25) is 0 Å². The lowest BCUT2D eigenvalue weighted by Crippen LogP contribution is -2.06. The maximum atomic E-state index is 12.0. The number of ether oxygens (including phenoxy) is 2. The first-order valence-electron chi connectivity index (χ1n) is 6.75. The molecule has 0 N–H and O–H groups in total. The molecule has 20 heavy (non-hydrogen) atoms. The average Bonchev–Trinajstić information content (AvgIpc) is 2.46. The summed E-state index contributed by atoms with van der Waals surface area (Å²) in [4.78, 5) is 16.4. The summed E-state index contributed by atoms with van der Waals surface area (Å²) in [5, 5.41) is 0.405. The van der Waals surface area contributed by atoms with E-state index >= 15 is 0 Å². The van der Waals surface area contributed by atoms with Crippen LogP contribution in [0.15, 0.2) is 21.3 Å². The molecule has 2 rings (SSSR count). The molecule has 5 heteroatoms. The van der Waals surface area contributed by atoms with E-state index in [-0.39, 0.29) is 5.63 Å². The first-order valence-corrected chi connectivity index (χ1v) is 6.75. The molecule has 1 aromatic carbocycles. The Bertz CT molecular complexity index is 648. The molecule has 0 saturated heterocycles. The zero-order chi connectivity index (χ0) is 14.5. The third-order valence-electron chi connectivity index (χ3n) is 3.17. The van der Waals surface area contributed by atoms with Gasteiger partial charge in [0, 0.05) is 18.6 Å². The number of aromatic nitrogens is 1. The first-order chi connectivity index (χ1) is 9.69. The Kier molecular flexibility index (Phi) is 4.61. The Morgan fingerprint density at radius 3 is 2.50 bits per heavy atom. The Labute approximate surface area is 117 Å². The highest BCUT2D eigenvalue weighted by Crippen LogP contribution is 2.30. The van der Waals surface area contributed by atoms with Crippen molar-refractivity contribution in [2.75, 3.05) is 14.2 Å². The molecule has 0 aliphatic heterocycles. The van der Waals surface area contributed by atoms with E-state index in [9.17, 15) is 4.79 Å². The number of rotatable bonds is 6. The molecule has 108 valence electrons. The highest BCUT2D eigenvalue weighted by molar-refractivity contribution is 5.81. The van der Waals surface area contributed by atoms with Crippen LogP contribution in [0.1, 0.15) is 32.1 Å². The van der Waals surface area contributed by atoms with Crippen molar-refractivity contribution < 1.29 is 13.9 Å². The molecule has 0 fully saturated rings. The molecule has 2 aromatic rings. The van der Waals surface area contributed by atoms with Crippen LogP contribution in [0.5, 0.6) is 11.5 Å². The number of nitrogens with zero attached hydrogens (tertiary/aromatic N) is 1. The van der Waals surface area contributed by atoms with Gasteiger partial charge in [-0.15, -0.1) is 0 Å². The van der Waals surface area contributed by atoms with Crippen molar-refractivity contribution in [3.05, 3.63) is 28.4 Å². The van der Waals surface area contributed by atoms with Crippen LogP contribution in [-0.2, 0) is 6.42 Å². The molecule has 0 amide bonds. The van der Waals surface area contributed by atoms with E-state index in [1.165, 1.54) is 7.11 Å². The van der Waals surface area contributed by atoms with Gasteiger partial charge >= 0.3 is 5.63 Å². The van der Waals surface area contributed by atoms with Crippen molar-refractivity contribution >= 4 is 10.9 Å². The molecule has 0 spiro atoms. The summed E-state index contributed by atoms with van der Waals surface area (Å²) in [6.45, 7) is 2.13. The first kappa shape index (κ1) is 14.4. The summed E-state index contributed by atoms with van der Waals surface area (Å²) in [7, 11) is 3.08. The van der Waals surface area contributed by atoms with Gasteiger partial charge in [0.25, 0.3) is 0 Å². The fourth-order valence-electron chi connectivity index (χ4n) is 2.08. The molecule has 1 heterocycles. The second kappa shape index (κ2) is 6.41. The Morgan fingerprint density at radius 2 is 1.85 bits per heavy atom. The summed E-state index contributed by atoms with van der Waals surface area (Å²) >= 11 is 0. The minimum absolute atomic E-state index is 0.387. The largest absolute Gasteiger partial charge is 0.493 e. The molecular weight excluding hydrogens is 258 g/mol. The lowest BCUT2D eigenvalue weighted by molar-refractivity contribution is 0.355. The van der Waals surface area contributed by atoms with Crippen LogP contribution in [0.4, 0.5) is 0 Å². The van der Waals surface area contributed by atoms with Crippen molar-refractivity contribution in [1.82, 2.24) is 4.98 Å². The number of fused-ring (bicyclic) bond motifs is 1. The summed E-state index contributed by atoms with van der Waals surface area (Å²) in [5.74, 6) is 1.52. The summed E-state index contributed by atoms with van der Waals surface area (Å²) in [6.07, 6.45) is 3.84. The topological polar surface area (TPSA) is 61.6 Å². The number of unbranched alkanes of at least 4 members (excludes halogenated alkanes) is 2. The third kappa shape index (κ3) is 2.92. The van der Waals surface area contributed by atoms with E-state index in [1.807, 2.05) is 0 Å². The van der Waals surface area contributed by atoms with Gasteiger partial charge in [-0.2, -0.15) is 0 Å². The van der Waals surface area contributed by atoms with E-state index in [4.69, 9.17) is 13.9 Å².